The Morgan fingerprint density at radius 3 is 2.79 bits per heavy atom. The molecule has 0 atom stereocenters. The van der Waals surface area contributed by atoms with Gasteiger partial charge in [-0.2, -0.15) is 0 Å². The summed E-state index contributed by atoms with van der Waals surface area (Å²) in [5.74, 6) is -0.721. The van der Waals surface area contributed by atoms with Crippen LogP contribution in [-0.2, 0) is 17.6 Å². The number of carbonyl (C=O) groups excluding carboxylic acids is 2. The van der Waals surface area contributed by atoms with Gasteiger partial charge in [-0.05, 0) is 62.4 Å². The quantitative estimate of drug-likeness (QED) is 0.303. The van der Waals surface area contributed by atoms with Crippen LogP contribution in [0.5, 0.6) is 5.75 Å². The Kier molecular flexibility index (Phi) is 5.45. The summed E-state index contributed by atoms with van der Waals surface area (Å²) in [4.78, 5) is 42.3. The van der Waals surface area contributed by atoms with E-state index in [9.17, 15) is 14.4 Å². The van der Waals surface area contributed by atoms with Gasteiger partial charge < -0.3 is 14.9 Å². The summed E-state index contributed by atoms with van der Waals surface area (Å²) < 4.78 is 10.9. The maximum atomic E-state index is 12.6. The van der Waals surface area contributed by atoms with Crippen molar-refractivity contribution in [2.45, 2.75) is 33.1 Å². The van der Waals surface area contributed by atoms with Crippen LogP contribution in [0.25, 0.3) is 21.2 Å². The molecule has 5 rings (SSSR count). The molecule has 9 nitrogen and oxygen atoms in total. The van der Waals surface area contributed by atoms with Gasteiger partial charge in [0.05, 0.1) is 5.69 Å². The number of hydrogen-bond donors (Lipinski definition) is 3. The number of benzene rings is 1. The van der Waals surface area contributed by atoms with E-state index in [1.54, 1.807) is 12.1 Å². The number of thiophene rings is 1. The number of ether oxygens (including phenoxy) is 1. The summed E-state index contributed by atoms with van der Waals surface area (Å²) in [7, 11) is 0. The molecule has 0 radical (unpaired) electrons. The Labute approximate surface area is 197 Å². The summed E-state index contributed by atoms with van der Waals surface area (Å²) >= 11 is 1.17. The third-order valence-electron chi connectivity index (χ3n) is 5.86. The lowest BCUT2D eigenvalue weighted by atomic mass is 10.1. The minimum absolute atomic E-state index is 0.273. The molecule has 0 aliphatic heterocycles. The van der Waals surface area contributed by atoms with Crippen LogP contribution >= 0.6 is 11.3 Å². The number of rotatable bonds is 4. The van der Waals surface area contributed by atoms with Crippen molar-refractivity contribution in [3.8, 4) is 5.75 Å². The highest BCUT2D eigenvalue weighted by Crippen LogP contribution is 2.35. The number of nitrogen functional groups attached to an aromatic ring is 1. The van der Waals surface area contributed by atoms with Crippen molar-refractivity contribution in [3.05, 3.63) is 61.9 Å². The molecule has 174 valence electrons. The predicted octanol–water partition coefficient (Wildman–Crippen LogP) is 2.93. The molecule has 34 heavy (non-hydrogen) atoms. The average molecular weight is 479 g/mol. The molecular weight excluding hydrogens is 456 g/mol. The SMILES string of the molecule is Cc1cc(C)c2c(N)c(C(=O)NNC(=O)COc3ccc4c5c(c(=O)oc4c3)CCC5)sc2n1. The first-order valence-electron chi connectivity index (χ1n) is 10.8. The number of hydrogen-bond acceptors (Lipinski definition) is 8. The minimum Gasteiger partial charge on any atom is -0.484 e. The highest BCUT2D eigenvalue weighted by atomic mass is 32.1. The van der Waals surface area contributed by atoms with Crippen molar-refractivity contribution < 1.29 is 18.7 Å². The van der Waals surface area contributed by atoms with Crippen LogP contribution in [0, 0.1) is 13.8 Å². The molecule has 0 spiro atoms. The number of nitrogens with one attached hydrogen (secondary N) is 2. The molecule has 10 heteroatoms. The third kappa shape index (κ3) is 3.86. The van der Waals surface area contributed by atoms with Crippen LogP contribution in [-0.4, -0.2) is 23.4 Å². The zero-order valence-electron chi connectivity index (χ0n) is 18.6. The number of nitrogens with zero attached hydrogens (tertiary/aromatic N) is 1. The van der Waals surface area contributed by atoms with Gasteiger partial charge in [0.2, 0.25) is 0 Å². The van der Waals surface area contributed by atoms with Crippen LogP contribution in [0.3, 0.4) is 0 Å². The number of hydrazine groups is 1. The third-order valence-corrected chi connectivity index (χ3v) is 6.96. The average Bonchev–Trinajstić information content (AvgIpc) is 3.41. The molecule has 1 aliphatic carbocycles. The van der Waals surface area contributed by atoms with E-state index in [-0.39, 0.29) is 17.1 Å². The fourth-order valence-electron chi connectivity index (χ4n) is 4.36. The Balaban J connectivity index is 1.23. The second kappa shape index (κ2) is 8.45. The van der Waals surface area contributed by atoms with E-state index in [0.29, 0.717) is 21.9 Å². The Hall–Kier alpha value is -3.92. The second-order valence-corrected chi connectivity index (χ2v) is 9.25. The Morgan fingerprint density at radius 1 is 1.18 bits per heavy atom. The molecule has 1 aromatic carbocycles. The Bertz CT molecular complexity index is 1540. The number of fused-ring (bicyclic) bond motifs is 4. The van der Waals surface area contributed by atoms with E-state index in [1.165, 1.54) is 11.3 Å². The number of carbonyl (C=O) groups is 2. The molecule has 0 bridgehead atoms. The Morgan fingerprint density at radius 2 is 1.97 bits per heavy atom. The fourth-order valence-corrected chi connectivity index (χ4v) is 5.47. The number of aromatic nitrogens is 1. The first-order chi connectivity index (χ1) is 16.3. The van der Waals surface area contributed by atoms with Crippen LogP contribution in [0.1, 0.15) is 38.5 Å². The number of anilines is 1. The van der Waals surface area contributed by atoms with E-state index in [1.807, 2.05) is 26.0 Å². The van der Waals surface area contributed by atoms with Gasteiger partial charge in [0.15, 0.2) is 6.61 Å². The summed E-state index contributed by atoms with van der Waals surface area (Å²) in [5.41, 5.74) is 14.8. The molecule has 0 saturated carbocycles. The minimum atomic E-state index is -0.561. The van der Waals surface area contributed by atoms with Gasteiger partial charge in [-0.3, -0.25) is 20.4 Å². The maximum absolute atomic E-state index is 12.6. The molecule has 0 unspecified atom stereocenters. The predicted molar refractivity (Wildman–Crippen MR) is 129 cm³/mol. The number of nitrogens with two attached hydrogens (primary N) is 1. The van der Waals surface area contributed by atoms with E-state index in [4.69, 9.17) is 14.9 Å². The largest absolute Gasteiger partial charge is 0.484 e. The normalized spacial score (nSPS) is 12.6. The standard InChI is InChI=1S/C24H22N4O5S/c1-11-8-12(2)26-23-19(11)20(25)21(34-23)22(30)28-27-18(29)10-32-13-6-7-15-14-4-3-5-16(14)24(31)33-17(15)9-13/h6-9H,3-5,10,25H2,1-2H3,(H,27,29)(H,28,30). The second-order valence-electron chi connectivity index (χ2n) is 8.25. The van der Waals surface area contributed by atoms with Crippen LogP contribution in [0.2, 0.25) is 0 Å². The van der Waals surface area contributed by atoms with E-state index < -0.39 is 11.8 Å². The van der Waals surface area contributed by atoms with Gasteiger partial charge in [-0.1, -0.05) is 0 Å². The van der Waals surface area contributed by atoms with Crippen molar-refractivity contribution >= 4 is 50.0 Å². The lowest BCUT2D eigenvalue weighted by Crippen LogP contribution is -2.43. The number of amides is 2. The molecule has 2 amide bonds. The zero-order chi connectivity index (χ0) is 24.0. The molecule has 0 saturated heterocycles. The highest BCUT2D eigenvalue weighted by molar-refractivity contribution is 7.21. The van der Waals surface area contributed by atoms with Crippen molar-refractivity contribution in [2.75, 3.05) is 12.3 Å². The molecular formula is C24H22N4O5S. The topological polar surface area (TPSA) is 137 Å². The van der Waals surface area contributed by atoms with E-state index >= 15 is 0 Å². The highest BCUT2D eigenvalue weighted by Gasteiger charge is 2.21. The molecule has 3 heterocycles. The zero-order valence-corrected chi connectivity index (χ0v) is 19.4. The van der Waals surface area contributed by atoms with E-state index in [2.05, 4.69) is 15.8 Å². The summed E-state index contributed by atoms with van der Waals surface area (Å²) in [5, 5.41) is 1.63. The lowest BCUT2D eigenvalue weighted by Gasteiger charge is -2.10. The van der Waals surface area contributed by atoms with Gasteiger partial charge in [-0.15, -0.1) is 11.3 Å². The maximum Gasteiger partial charge on any atom is 0.339 e. The summed E-state index contributed by atoms with van der Waals surface area (Å²) in [6.07, 6.45) is 2.52. The summed E-state index contributed by atoms with van der Waals surface area (Å²) in [6, 6.07) is 7.05. The van der Waals surface area contributed by atoms with Gasteiger partial charge >= 0.3 is 5.63 Å². The lowest BCUT2D eigenvalue weighted by molar-refractivity contribution is -0.123. The van der Waals surface area contributed by atoms with Crippen LogP contribution in [0.15, 0.2) is 33.5 Å². The monoisotopic (exact) mass is 478 g/mol. The fraction of sp³-hybridized carbons (Fsp3) is 0.250. The number of aryl methyl sites for hydroxylation is 3. The molecule has 4 N–H and O–H groups in total. The number of pyridine rings is 1. The van der Waals surface area contributed by atoms with Crippen molar-refractivity contribution in [1.29, 1.82) is 0 Å². The molecule has 1 aliphatic rings. The smallest absolute Gasteiger partial charge is 0.339 e. The van der Waals surface area contributed by atoms with Crippen LogP contribution in [0.4, 0.5) is 5.69 Å². The first kappa shape index (κ1) is 21.9. The van der Waals surface area contributed by atoms with Gasteiger partial charge in [0, 0.05) is 28.1 Å². The van der Waals surface area contributed by atoms with Gasteiger partial charge in [0.1, 0.15) is 21.0 Å². The van der Waals surface area contributed by atoms with Crippen molar-refractivity contribution in [2.24, 2.45) is 0 Å². The van der Waals surface area contributed by atoms with Crippen LogP contribution < -0.4 is 26.9 Å². The first-order valence-corrected chi connectivity index (χ1v) is 11.6. The van der Waals surface area contributed by atoms with Gasteiger partial charge in [0.25, 0.3) is 11.8 Å². The molecule has 4 aromatic rings. The van der Waals surface area contributed by atoms with Crippen molar-refractivity contribution in [1.82, 2.24) is 15.8 Å². The van der Waals surface area contributed by atoms with E-state index in [0.717, 1.165) is 52.4 Å². The van der Waals surface area contributed by atoms with Crippen molar-refractivity contribution in [3.63, 3.8) is 0 Å². The molecule has 3 aromatic heterocycles. The summed E-state index contributed by atoms with van der Waals surface area (Å²) in [6.45, 7) is 3.44. The van der Waals surface area contributed by atoms with Gasteiger partial charge in [-0.25, -0.2) is 9.78 Å². The molecule has 0 fully saturated rings.